The van der Waals surface area contributed by atoms with Crippen molar-refractivity contribution < 1.29 is 9.18 Å². The molecular formula is C15H18BrFO. The van der Waals surface area contributed by atoms with Crippen LogP contribution in [0.25, 0.3) is 0 Å². The van der Waals surface area contributed by atoms with Crippen LogP contribution in [0.1, 0.15) is 38.7 Å². The number of benzene rings is 1. The van der Waals surface area contributed by atoms with Crippen molar-refractivity contribution >= 4 is 21.7 Å². The third-order valence-corrected chi connectivity index (χ3v) is 4.76. The van der Waals surface area contributed by atoms with Crippen LogP contribution in [-0.4, -0.2) is 5.78 Å². The molecule has 1 fully saturated rings. The van der Waals surface area contributed by atoms with Gasteiger partial charge in [-0.05, 0) is 36.0 Å². The van der Waals surface area contributed by atoms with Crippen molar-refractivity contribution in [2.75, 3.05) is 0 Å². The highest BCUT2D eigenvalue weighted by molar-refractivity contribution is 9.10. The number of hydrogen-bond donors (Lipinski definition) is 0. The molecule has 1 aliphatic carbocycles. The van der Waals surface area contributed by atoms with E-state index in [0.29, 0.717) is 10.9 Å². The van der Waals surface area contributed by atoms with Gasteiger partial charge in [0, 0.05) is 16.8 Å². The molecule has 2 rings (SSSR count). The molecule has 0 heterocycles. The number of carbonyl (C=O) groups excluding carboxylic acids is 1. The average Bonchev–Trinajstić information content (AvgIpc) is 2.62. The largest absolute Gasteiger partial charge is 0.299 e. The molecule has 1 aromatic carbocycles. The number of ketones is 1. The molecule has 0 saturated heterocycles. The molecule has 0 spiro atoms. The molecule has 0 aliphatic heterocycles. The molecule has 1 aromatic rings. The van der Waals surface area contributed by atoms with Gasteiger partial charge in [-0.1, -0.05) is 42.3 Å². The van der Waals surface area contributed by atoms with Gasteiger partial charge < -0.3 is 0 Å². The Labute approximate surface area is 116 Å². The Kier molecular flexibility index (Phi) is 3.90. The summed E-state index contributed by atoms with van der Waals surface area (Å²) in [6, 6.07) is 4.52. The highest BCUT2D eigenvalue weighted by atomic mass is 79.9. The summed E-state index contributed by atoms with van der Waals surface area (Å²) >= 11 is 3.32. The topological polar surface area (TPSA) is 17.1 Å². The first-order valence-corrected chi connectivity index (χ1v) is 7.16. The SMILES string of the molecule is CC1(C)CCCC1C(=O)Cc1ccc(F)cc1Br. The normalized spacial score (nSPS) is 22.1. The second-order valence-electron chi connectivity index (χ2n) is 5.81. The zero-order valence-corrected chi connectivity index (χ0v) is 12.4. The van der Waals surface area contributed by atoms with E-state index in [4.69, 9.17) is 0 Å². The fourth-order valence-corrected chi connectivity index (χ4v) is 3.39. The molecule has 1 aliphatic rings. The highest BCUT2D eigenvalue weighted by Gasteiger charge is 2.38. The van der Waals surface area contributed by atoms with E-state index in [1.54, 1.807) is 6.07 Å². The summed E-state index contributed by atoms with van der Waals surface area (Å²) in [5.74, 6) is 0.151. The van der Waals surface area contributed by atoms with Crippen molar-refractivity contribution in [3.05, 3.63) is 34.1 Å². The molecule has 0 aromatic heterocycles. The predicted octanol–water partition coefficient (Wildman–Crippen LogP) is 4.53. The van der Waals surface area contributed by atoms with Crippen molar-refractivity contribution in [3.63, 3.8) is 0 Å². The van der Waals surface area contributed by atoms with Gasteiger partial charge in [-0.3, -0.25) is 4.79 Å². The van der Waals surface area contributed by atoms with Crippen LogP contribution in [0, 0.1) is 17.2 Å². The first-order valence-electron chi connectivity index (χ1n) is 6.37. The molecule has 3 heteroatoms. The Hall–Kier alpha value is -0.700. The first-order chi connectivity index (χ1) is 8.40. The minimum atomic E-state index is -0.278. The summed E-state index contributed by atoms with van der Waals surface area (Å²) in [6.07, 6.45) is 3.64. The standard InChI is InChI=1S/C15H18BrFO/c1-15(2)7-3-4-12(15)14(18)8-10-5-6-11(17)9-13(10)16/h5-6,9,12H,3-4,7-8H2,1-2H3. The second-order valence-corrected chi connectivity index (χ2v) is 6.67. The van der Waals surface area contributed by atoms with Crippen LogP contribution in [0.2, 0.25) is 0 Å². The summed E-state index contributed by atoms with van der Waals surface area (Å²) in [5, 5.41) is 0. The molecule has 98 valence electrons. The van der Waals surface area contributed by atoms with E-state index in [0.717, 1.165) is 24.8 Å². The molecule has 1 unspecified atom stereocenters. The van der Waals surface area contributed by atoms with Gasteiger partial charge >= 0.3 is 0 Å². The lowest BCUT2D eigenvalue weighted by Gasteiger charge is -2.25. The predicted molar refractivity (Wildman–Crippen MR) is 73.9 cm³/mol. The third kappa shape index (κ3) is 2.82. The molecule has 0 N–H and O–H groups in total. The maximum Gasteiger partial charge on any atom is 0.140 e. The van der Waals surface area contributed by atoms with Crippen molar-refractivity contribution in [2.24, 2.45) is 11.3 Å². The summed E-state index contributed by atoms with van der Waals surface area (Å²) < 4.78 is 13.7. The number of halogens is 2. The summed E-state index contributed by atoms with van der Waals surface area (Å²) in [5.41, 5.74) is 0.993. The number of rotatable bonds is 3. The van der Waals surface area contributed by atoms with Crippen LogP contribution in [0.15, 0.2) is 22.7 Å². The van der Waals surface area contributed by atoms with E-state index >= 15 is 0 Å². The van der Waals surface area contributed by atoms with Crippen LogP contribution in [0.5, 0.6) is 0 Å². The van der Waals surface area contributed by atoms with Crippen molar-refractivity contribution in [3.8, 4) is 0 Å². The Morgan fingerprint density at radius 3 is 2.78 bits per heavy atom. The Bertz CT molecular complexity index is 468. The lowest BCUT2D eigenvalue weighted by atomic mass is 9.78. The molecule has 0 bridgehead atoms. The Balaban J connectivity index is 2.12. The Morgan fingerprint density at radius 1 is 1.50 bits per heavy atom. The maximum absolute atomic E-state index is 13.0. The maximum atomic E-state index is 13.0. The second kappa shape index (κ2) is 5.12. The van der Waals surface area contributed by atoms with Gasteiger partial charge in [0.05, 0.1) is 0 Å². The lowest BCUT2D eigenvalue weighted by molar-refractivity contribution is -0.124. The first kappa shape index (κ1) is 13.7. The van der Waals surface area contributed by atoms with Gasteiger partial charge in [-0.2, -0.15) is 0 Å². The van der Waals surface area contributed by atoms with Gasteiger partial charge in [0.25, 0.3) is 0 Å². The van der Waals surface area contributed by atoms with E-state index in [9.17, 15) is 9.18 Å². The fourth-order valence-electron chi connectivity index (χ4n) is 2.90. The molecule has 0 radical (unpaired) electrons. The van der Waals surface area contributed by atoms with Crippen molar-refractivity contribution in [1.82, 2.24) is 0 Å². The van der Waals surface area contributed by atoms with E-state index in [-0.39, 0.29) is 22.9 Å². The molecule has 1 nitrogen and oxygen atoms in total. The Morgan fingerprint density at radius 2 is 2.22 bits per heavy atom. The summed E-state index contributed by atoms with van der Waals surface area (Å²) in [7, 11) is 0. The van der Waals surface area contributed by atoms with Gasteiger partial charge in [0.1, 0.15) is 11.6 Å². The van der Waals surface area contributed by atoms with Crippen molar-refractivity contribution in [2.45, 2.75) is 39.5 Å². The van der Waals surface area contributed by atoms with E-state index < -0.39 is 0 Å². The zero-order valence-electron chi connectivity index (χ0n) is 10.8. The van der Waals surface area contributed by atoms with Gasteiger partial charge in [-0.25, -0.2) is 4.39 Å². The van der Waals surface area contributed by atoms with Crippen molar-refractivity contribution in [1.29, 1.82) is 0 Å². The molecule has 1 saturated carbocycles. The third-order valence-electron chi connectivity index (χ3n) is 4.03. The van der Waals surface area contributed by atoms with Crippen LogP contribution in [0.3, 0.4) is 0 Å². The fraction of sp³-hybridized carbons (Fsp3) is 0.533. The van der Waals surface area contributed by atoms with E-state index in [1.807, 2.05) is 0 Å². The van der Waals surface area contributed by atoms with Crippen LogP contribution < -0.4 is 0 Å². The zero-order chi connectivity index (χ0) is 13.3. The number of Topliss-reactive ketones (excluding diaryl/α,β-unsaturated/α-hetero) is 1. The minimum absolute atomic E-state index is 0.115. The van der Waals surface area contributed by atoms with Crippen LogP contribution >= 0.6 is 15.9 Å². The average molecular weight is 313 g/mol. The summed E-state index contributed by atoms with van der Waals surface area (Å²) in [6.45, 7) is 4.34. The number of carbonyl (C=O) groups is 1. The molecular weight excluding hydrogens is 295 g/mol. The molecule has 1 atom stereocenters. The monoisotopic (exact) mass is 312 g/mol. The lowest BCUT2D eigenvalue weighted by Crippen LogP contribution is -2.27. The van der Waals surface area contributed by atoms with Gasteiger partial charge in [0.2, 0.25) is 0 Å². The van der Waals surface area contributed by atoms with Gasteiger partial charge in [0.15, 0.2) is 0 Å². The highest BCUT2D eigenvalue weighted by Crippen LogP contribution is 2.43. The molecule has 18 heavy (non-hydrogen) atoms. The van der Waals surface area contributed by atoms with E-state index in [2.05, 4.69) is 29.8 Å². The minimum Gasteiger partial charge on any atom is -0.299 e. The van der Waals surface area contributed by atoms with E-state index in [1.165, 1.54) is 12.1 Å². The van der Waals surface area contributed by atoms with Gasteiger partial charge in [-0.15, -0.1) is 0 Å². The number of hydrogen-bond acceptors (Lipinski definition) is 1. The molecule has 0 amide bonds. The smallest absolute Gasteiger partial charge is 0.140 e. The van der Waals surface area contributed by atoms with Crippen LogP contribution in [-0.2, 0) is 11.2 Å². The summed E-state index contributed by atoms with van der Waals surface area (Å²) in [4.78, 5) is 12.4. The van der Waals surface area contributed by atoms with Crippen LogP contribution in [0.4, 0.5) is 4.39 Å². The quantitative estimate of drug-likeness (QED) is 0.801.